The summed E-state index contributed by atoms with van der Waals surface area (Å²) in [6, 6.07) is 11.1. The lowest BCUT2D eigenvalue weighted by Gasteiger charge is -2.08. The molecule has 1 amide bonds. The Bertz CT molecular complexity index is 1210. The highest BCUT2D eigenvalue weighted by Crippen LogP contribution is 2.32. The Balaban J connectivity index is 1.66. The molecule has 0 unspecified atom stereocenters. The fourth-order valence-electron chi connectivity index (χ4n) is 2.95. The van der Waals surface area contributed by atoms with Crippen molar-refractivity contribution in [3.05, 3.63) is 71.8 Å². The molecule has 0 aliphatic heterocycles. The summed E-state index contributed by atoms with van der Waals surface area (Å²) in [5.41, 5.74) is 0.758. The van der Waals surface area contributed by atoms with Crippen molar-refractivity contribution in [2.75, 3.05) is 5.32 Å². The topological polar surface area (TPSA) is 80.9 Å². The Morgan fingerprint density at radius 3 is 2.69 bits per heavy atom. The molecule has 3 heterocycles. The summed E-state index contributed by atoms with van der Waals surface area (Å²) in [6.07, 6.45) is -1.97. The number of aromatic nitrogens is 3. The largest absolute Gasteiger partial charge is 0.433 e. The third-order valence-electron chi connectivity index (χ3n) is 4.34. The average molecular weight is 398 g/mol. The van der Waals surface area contributed by atoms with Crippen LogP contribution >= 0.6 is 0 Å². The van der Waals surface area contributed by atoms with Crippen LogP contribution in [0.25, 0.3) is 22.2 Å². The molecule has 6 nitrogen and oxygen atoms in total. The van der Waals surface area contributed by atoms with Gasteiger partial charge in [0.1, 0.15) is 5.69 Å². The average Bonchev–Trinajstić information content (AvgIpc) is 3.08. The number of carbonyl (C=O) groups is 1. The predicted octanol–water partition coefficient (Wildman–Crippen LogP) is 4.86. The van der Waals surface area contributed by atoms with Crippen LogP contribution in [-0.4, -0.2) is 21.0 Å². The first-order chi connectivity index (χ1) is 13.8. The molecule has 4 rings (SSSR count). The van der Waals surface area contributed by atoms with Gasteiger partial charge in [0.2, 0.25) is 0 Å². The number of hydrogen-bond donors (Lipinski definition) is 1. The number of benzene rings is 1. The molecule has 0 saturated carbocycles. The molecule has 4 aromatic rings. The maximum absolute atomic E-state index is 12.8. The van der Waals surface area contributed by atoms with Crippen molar-refractivity contribution >= 4 is 22.5 Å². The number of rotatable bonds is 3. The number of fused-ring (bicyclic) bond motifs is 1. The first kappa shape index (κ1) is 18.6. The molecule has 0 aliphatic carbocycles. The monoisotopic (exact) mass is 398 g/mol. The Morgan fingerprint density at radius 2 is 1.90 bits per heavy atom. The smallest absolute Gasteiger partial charge is 0.355 e. The van der Waals surface area contributed by atoms with Crippen LogP contribution in [-0.2, 0) is 6.18 Å². The van der Waals surface area contributed by atoms with Crippen LogP contribution in [0, 0.1) is 6.92 Å². The Morgan fingerprint density at radius 1 is 1.07 bits per heavy atom. The summed E-state index contributed by atoms with van der Waals surface area (Å²) in [4.78, 5) is 20.1. The highest BCUT2D eigenvalue weighted by Gasteiger charge is 2.32. The summed E-state index contributed by atoms with van der Waals surface area (Å²) in [6.45, 7) is 1.66. The van der Waals surface area contributed by atoms with Crippen LogP contribution in [0.2, 0.25) is 0 Å². The number of carbonyl (C=O) groups excluding carboxylic acids is 1. The van der Waals surface area contributed by atoms with Crippen molar-refractivity contribution < 1.29 is 22.5 Å². The molecule has 29 heavy (non-hydrogen) atoms. The molecule has 0 spiro atoms. The lowest BCUT2D eigenvalue weighted by molar-refractivity contribution is -0.141. The molecule has 0 aliphatic rings. The van der Waals surface area contributed by atoms with Crippen LogP contribution in [0.4, 0.5) is 18.9 Å². The minimum absolute atomic E-state index is 0.0220. The molecule has 0 atom stereocenters. The van der Waals surface area contributed by atoms with E-state index in [1.807, 2.05) is 24.3 Å². The molecule has 0 bridgehead atoms. The van der Waals surface area contributed by atoms with Gasteiger partial charge in [0.15, 0.2) is 11.5 Å². The second-order valence-corrected chi connectivity index (χ2v) is 6.24. The first-order valence-corrected chi connectivity index (χ1v) is 8.49. The van der Waals surface area contributed by atoms with Crippen LogP contribution in [0.1, 0.15) is 21.7 Å². The summed E-state index contributed by atoms with van der Waals surface area (Å²) in [5, 5.41) is 7.04. The number of halogens is 3. The van der Waals surface area contributed by atoms with E-state index in [0.29, 0.717) is 16.9 Å². The Labute approximate surface area is 162 Å². The number of amides is 1. The second-order valence-electron chi connectivity index (χ2n) is 6.24. The van der Waals surface area contributed by atoms with Gasteiger partial charge in [-0.15, -0.1) is 0 Å². The van der Waals surface area contributed by atoms with E-state index >= 15 is 0 Å². The van der Waals surface area contributed by atoms with Crippen molar-refractivity contribution in [3.63, 3.8) is 0 Å². The number of nitrogens with zero attached hydrogens (tertiary/aromatic N) is 3. The van der Waals surface area contributed by atoms with Gasteiger partial charge in [0.25, 0.3) is 5.91 Å². The molecule has 146 valence electrons. The number of nitrogens with one attached hydrogen (secondary N) is 1. The van der Waals surface area contributed by atoms with Gasteiger partial charge in [-0.2, -0.15) is 13.2 Å². The van der Waals surface area contributed by atoms with Gasteiger partial charge in [-0.1, -0.05) is 23.4 Å². The van der Waals surface area contributed by atoms with E-state index in [-0.39, 0.29) is 11.4 Å². The highest BCUT2D eigenvalue weighted by atomic mass is 19.4. The fourth-order valence-corrected chi connectivity index (χ4v) is 2.95. The van der Waals surface area contributed by atoms with Crippen molar-refractivity contribution in [3.8, 4) is 11.3 Å². The lowest BCUT2D eigenvalue weighted by Crippen LogP contribution is -2.15. The van der Waals surface area contributed by atoms with Crippen LogP contribution in [0.5, 0.6) is 0 Å². The predicted molar refractivity (Wildman–Crippen MR) is 99.2 cm³/mol. The van der Waals surface area contributed by atoms with E-state index in [1.54, 1.807) is 19.2 Å². The molecular weight excluding hydrogens is 385 g/mol. The van der Waals surface area contributed by atoms with Crippen molar-refractivity contribution in [1.29, 1.82) is 0 Å². The zero-order valence-electron chi connectivity index (χ0n) is 15.0. The molecule has 0 fully saturated rings. The van der Waals surface area contributed by atoms with Crippen molar-refractivity contribution in [2.24, 2.45) is 0 Å². The van der Waals surface area contributed by atoms with Crippen LogP contribution in [0.3, 0.4) is 0 Å². The number of alkyl halides is 3. The van der Waals surface area contributed by atoms with E-state index < -0.39 is 17.8 Å². The number of anilines is 1. The lowest BCUT2D eigenvalue weighted by atomic mass is 10.0. The molecule has 0 saturated heterocycles. The molecular formula is C20H13F3N4O2. The van der Waals surface area contributed by atoms with Crippen LogP contribution in [0.15, 0.2) is 59.4 Å². The van der Waals surface area contributed by atoms with Gasteiger partial charge in [0, 0.05) is 34.6 Å². The summed E-state index contributed by atoms with van der Waals surface area (Å²) in [5.74, 6) is -0.297. The Kier molecular flexibility index (Phi) is 4.50. The number of hydrogen-bond acceptors (Lipinski definition) is 5. The van der Waals surface area contributed by atoms with E-state index in [1.165, 1.54) is 6.07 Å². The molecule has 9 heteroatoms. The van der Waals surface area contributed by atoms with E-state index in [9.17, 15) is 18.0 Å². The third kappa shape index (κ3) is 3.54. The highest BCUT2D eigenvalue weighted by molar-refractivity contribution is 6.05. The van der Waals surface area contributed by atoms with Gasteiger partial charge in [0.05, 0.1) is 5.52 Å². The SMILES string of the molecule is Cc1c(C(=O)Nc2ccnc(C(F)(F)F)c2)noc1-c1cccc2ncccc12. The second kappa shape index (κ2) is 7.01. The summed E-state index contributed by atoms with van der Waals surface area (Å²) >= 11 is 0. The minimum atomic E-state index is -4.61. The molecule has 3 aromatic heterocycles. The summed E-state index contributed by atoms with van der Waals surface area (Å²) in [7, 11) is 0. The Hall–Kier alpha value is -3.75. The van der Waals surface area contributed by atoms with Gasteiger partial charge >= 0.3 is 6.18 Å². The molecule has 1 N–H and O–H groups in total. The maximum Gasteiger partial charge on any atom is 0.433 e. The molecule has 0 radical (unpaired) electrons. The van der Waals surface area contributed by atoms with E-state index in [2.05, 4.69) is 20.4 Å². The maximum atomic E-state index is 12.8. The van der Waals surface area contributed by atoms with Crippen molar-refractivity contribution in [1.82, 2.24) is 15.1 Å². The normalized spacial score (nSPS) is 11.6. The summed E-state index contributed by atoms with van der Waals surface area (Å²) < 4.78 is 43.8. The fraction of sp³-hybridized carbons (Fsp3) is 0.100. The third-order valence-corrected chi connectivity index (χ3v) is 4.34. The standard InChI is InChI=1S/C20H13F3N4O2/c1-11-17(19(28)26-12-7-9-25-16(10-12)20(21,22)23)27-29-18(11)14-4-2-6-15-13(14)5-3-8-24-15/h2-10H,1H3,(H,25,26,28). The van der Waals surface area contributed by atoms with Gasteiger partial charge < -0.3 is 9.84 Å². The van der Waals surface area contributed by atoms with Gasteiger partial charge in [-0.25, -0.2) is 0 Å². The number of pyridine rings is 2. The van der Waals surface area contributed by atoms with E-state index in [0.717, 1.165) is 23.2 Å². The van der Waals surface area contributed by atoms with E-state index in [4.69, 9.17) is 4.52 Å². The molecule has 1 aromatic carbocycles. The van der Waals surface area contributed by atoms with Crippen LogP contribution < -0.4 is 5.32 Å². The van der Waals surface area contributed by atoms with Gasteiger partial charge in [-0.05, 0) is 31.2 Å². The zero-order valence-corrected chi connectivity index (χ0v) is 15.0. The quantitative estimate of drug-likeness (QED) is 0.533. The minimum Gasteiger partial charge on any atom is -0.355 e. The zero-order chi connectivity index (χ0) is 20.6. The first-order valence-electron chi connectivity index (χ1n) is 8.49. The van der Waals surface area contributed by atoms with Crippen molar-refractivity contribution in [2.45, 2.75) is 13.1 Å². The van der Waals surface area contributed by atoms with Gasteiger partial charge in [-0.3, -0.25) is 14.8 Å².